The van der Waals surface area contributed by atoms with E-state index >= 15 is 0 Å². The molecular formula is C22H24O6. The van der Waals surface area contributed by atoms with Gasteiger partial charge in [-0.15, -0.1) is 0 Å². The van der Waals surface area contributed by atoms with Crippen LogP contribution in [-0.2, 0) is 9.47 Å². The van der Waals surface area contributed by atoms with Gasteiger partial charge < -0.3 is 18.9 Å². The zero-order valence-corrected chi connectivity index (χ0v) is 16.1. The first-order chi connectivity index (χ1) is 13.6. The molecule has 0 spiro atoms. The Morgan fingerprint density at radius 3 is 2.29 bits per heavy atom. The van der Waals surface area contributed by atoms with Crippen molar-refractivity contribution in [2.24, 2.45) is 0 Å². The minimum atomic E-state index is -0.892. The molecule has 0 N–H and O–H groups in total. The van der Waals surface area contributed by atoms with E-state index < -0.39 is 12.1 Å². The quantitative estimate of drug-likeness (QED) is 0.511. The molecule has 0 unspecified atom stereocenters. The van der Waals surface area contributed by atoms with Crippen molar-refractivity contribution in [3.63, 3.8) is 0 Å². The Kier molecular flexibility index (Phi) is 6.66. The van der Waals surface area contributed by atoms with Crippen LogP contribution in [0.25, 0.3) is 0 Å². The second-order valence-corrected chi connectivity index (χ2v) is 6.61. The molecule has 6 nitrogen and oxygen atoms in total. The maximum Gasteiger partial charge on any atom is 0.338 e. The molecule has 0 aromatic heterocycles. The molecule has 0 saturated carbocycles. The van der Waals surface area contributed by atoms with Crippen LogP contribution in [0.1, 0.15) is 40.5 Å². The van der Waals surface area contributed by atoms with Crippen molar-refractivity contribution in [2.75, 3.05) is 20.3 Å². The lowest BCUT2D eigenvalue weighted by atomic mass is 10.1. The largest absolute Gasteiger partial charge is 0.497 e. The van der Waals surface area contributed by atoms with Gasteiger partial charge in [0.1, 0.15) is 18.1 Å². The summed E-state index contributed by atoms with van der Waals surface area (Å²) in [6.07, 6.45) is 1.31. The van der Waals surface area contributed by atoms with Crippen molar-refractivity contribution < 1.29 is 28.5 Å². The number of esters is 1. The summed E-state index contributed by atoms with van der Waals surface area (Å²) >= 11 is 0. The molecule has 0 bridgehead atoms. The van der Waals surface area contributed by atoms with E-state index in [0.717, 1.165) is 19.4 Å². The highest BCUT2D eigenvalue weighted by Gasteiger charge is 2.21. The number of carbonyl (C=O) groups excluding carboxylic acids is 2. The first kappa shape index (κ1) is 19.9. The number of ketones is 1. The predicted octanol–water partition coefficient (Wildman–Crippen LogP) is 3.68. The Balaban J connectivity index is 1.53. The Labute approximate surface area is 164 Å². The minimum absolute atomic E-state index is 0.134. The highest BCUT2D eigenvalue weighted by Crippen LogP contribution is 2.18. The van der Waals surface area contributed by atoms with Crippen LogP contribution in [0.15, 0.2) is 48.5 Å². The van der Waals surface area contributed by atoms with Crippen molar-refractivity contribution >= 4 is 11.8 Å². The SMILES string of the molecule is COc1ccc(C(=O)[C@@H](C)OC(=O)c2ccc(OC[C@@H]3CCCO3)cc2)cc1. The summed E-state index contributed by atoms with van der Waals surface area (Å²) in [5, 5.41) is 0. The van der Waals surface area contributed by atoms with Gasteiger partial charge in [0.25, 0.3) is 0 Å². The minimum Gasteiger partial charge on any atom is -0.497 e. The van der Waals surface area contributed by atoms with E-state index in [0.29, 0.717) is 29.2 Å². The van der Waals surface area contributed by atoms with Gasteiger partial charge in [0.05, 0.1) is 18.8 Å². The lowest BCUT2D eigenvalue weighted by Gasteiger charge is -2.14. The van der Waals surface area contributed by atoms with Gasteiger partial charge in [-0.25, -0.2) is 4.79 Å². The highest BCUT2D eigenvalue weighted by molar-refractivity contribution is 6.01. The van der Waals surface area contributed by atoms with Gasteiger partial charge in [0.15, 0.2) is 6.10 Å². The molecule has 3 rings (SSSR count). The van der Waals surface area contributed by atoms with Gasteiger partial charge >= 0.3 is 5.97 Å². The van der Waals surface area contributed by atoms with Crippen LogP contribution in [0.5, 0.6) is 11.5 Å². The van der Waals surface area contributed by atoms with Crippen molar-refractivity contribution in [1.29, 1.82) is 0 Å². The Morgan fingerprint density at radius 1 is 1.04 bits per heavy atom. The molecule has 0 radical (unpaired) electrons. The van der Waals surface area contributed by atoms with Crippen LogP contribution in [0.2, 0.25) is 0 Å². The standard InChI is InChI=1S/C22H24O6/c1-15(21(23)16-5-9-18(25-2)10-6-16)28-22(24)17-7-11-19(12-8-17)27-14-20-4-3-13-26-20/h5-12,15,20H,3-4,13-14H2,1-2H3/t15-,20+/m1/s1. The monoisotopic (exact) mass is 384 g/mol. The Hall–Kier alpha value is -2.86. The van der Waals surface area contributed by atoms with Crippen LogP contribution in [0.4, 0.5) is 0 Å². The van der Waals surface area contributed by atoms with Gasteiger partial charge in [0, 0.05) is 12.2 Å². The summed E-state index contributed by atoms with van der Waals surface area (Å²) in [7, 11) is 1.56. The van der Waals surface area contributed by atoms with E-state index in [-0.39, 0.29) is 11.9 Å². The Bertz CT molecular complexity index is 791. The maximum atomic E-state index is 12.4. The zero-order chi connectivity index (χ0) is 19.9. The number of carbonyl (C=O) groups is 2. The molecule has 1 aliphatic heterocycles. The van der Waals surface area contributed by atoms with Gasteiger partial charge in [-0.2, -0.15) is 0 Å². The normalized spacial score (nSPS) is 17.0. The molecule has 2 aromatic carbocycles. The molecule has 1 saturated heterocycles. The molecule has 6 heteroatoms. The van der Waals surface area contributed by atoms with E-state index in [1.807, 2.05) is 0 Å². The first-order valence-electron chi connectivity index (χ1n) is 9.30. The van der Waals surface area contributed by atoms with Crippen LogP contribution in [0, 0.1) is 0 Å². The zero-order valence-electron chi connectivity index (χ0n) is 16.1. The number of ether oxygens (including phenoxy) is 4. The topological polar surface area (TPSA) is 71.1 Å². The highest BCUT2D eigenvalue weighted by atomic mass is 16.5. The molecular weight excluding hydrogens is 360 g/mol. The number of rotatable bonds is 8. The third kappa shape index (κ3) is 5.10. The number of hydrogen-bond donors (Lipinski definition) is 0. The van der Waals surface area contributed by atoms with Gasteiger partial charge in [0.2, 0.25) is 5.78 Å². The summed E-state index contributed by atoms with van der Waals surface area (Å²) in [6, 6.07) is 13.3. The molecule has 2 atom stereocenters. The van der Waals surface area contributed by atoms with Crippen molar-refractivity contribution in [3.05, 3.63) is 59.7 Å². The summed E-state index contributed by atoms with van der Waals surface area (Å²) < 4.78 is 21.6. The molecule has 0 aliphatic carbocycles. The van der Waals surface area contributed by atoms with Gasteiger partial charge in [-0.05, 0) is 68.3 Å². The van der Waals surface area contributed by atoms with Crippen molar-refractivity contribution in [1.82, 2.24) is 0 Å². The average Bonchev–Trinajstić information content (AvgIpc) is 3.25. The fourth-order valence-corrected chi connectivity index (χ4v) is 2.92. The van der Waals surface area contributed by atoms with E-state index in [9.17, 15) is 9.59 Å². The summed E-state index contributed by atoms with van der Waals surface area (Å²) in [5.41, 5.74) is 0.817. The van der Waals surface area contributed by atoms with Crippen LogP contribution < -0.4 is 9.47 Å². The van der Waals surface area contributed by atoms with Crippen LogP contribution in [0.3, 0.4) is 0 Å². The molecule has 28 heavy (non-hydrogen) atoms. The summed E-state index contributed by atoms with van der Waals surface area (Å²) in [4.78, 5) is 24.7. The predicted molar refractivity (Wildman–Crippen MR) is 103 cm³/mol. The number of methoxy groups -OCH3 is 1. The number of benzene rings is 2. The molecule has 1 aliphatic rings. The Morgan fingerprint density at radius 2 is 1.68 bits per heavy atom. The smallest absolute Gasteiger partial charge is 0.338 e. The van der Waals surface area contributed by atoms with E-state index in [2.05, 4.69) is 0 Å². The van der Waals surface area contributed by atoms with Crippen LogP contribution in [-0.4, -0.2) is 44.3 Å². The lowest BCUT2D eigenvalue weighted by molar-refractivity contribution is 0.0318. The van der Waals surface area contributed by atoms with Gasteiger partial charge in [-0.1, -0.05) is 0 Å². The van der Waals surface area contributed by atoms with E-state index in [1.165, 1.54) is 0 Å². The number of hydrogen-bond acceptors (Lipinski definition) is 6. The molecule has 1 heterocycles. The third-order valence-corrected chi connectivity index (χ3v) is 4.58. The van der Waals surface area contributed by atoms with Crippen LogP contribution >= 0.6 is 0 Å². The van der Waals surface area contributed by atoms with Crippen molar-refractivity contribution in [3.8, 4) is 11.5 Å². The van der Waals surface area contributed by atoms with E-state index in [4.69, 9.17) is 18.9 Å². The number of Topliss-reactive ketones (excluding diaryl/α,β-unsaturated/α-hetero) is 1. The third-order valence-electron chi connectivity index (χ3n) is 4.58. The fourth-order valence-electron chi connectivity index (χ4n) is 2.92. The fraction of sp³-hybridized carbons (Fsp3) is 0.364. The molecule has 148 valence electrons. The van der Waals surface area contributed by atoms with Gasteiger partial charge in [-0.3, -0.25) is 4.79 Å². The molecule has 1 fully saturated rings. The summed E-state index contributed by atoms with van der Waals surface area (Å²) in [6.45, 7) is 2.84. The second kappa shape index (κ2) is 9.37. The molecule has 0 amide bonds. The molecule has 2 aromatic rings. The maximum absolute atomic E-state index is 12.4. The average molecular weight is 384 g/mol. The first-order valence-corrected chi connectivity index (χ1v) is 9.30. The second-order valence-electron chi connectivity index (χ2n) is 6.61. The van der Waals surface area contributed by atoms with Crippen molar-refractivity contribution in [2.45, 2.75) is 32.0 Å². The van der Waals surface area contributed by atoms with E-state index in [1.54, 1.807) is 62.6 Å². The lowest BCUT2D eigenvalue weighted by Crippen LogP contribution is -2.24. The summed E-state index contributed by atoms with van der Waals surface area (Å²) in [5.74, 6) is 0.491.